The zero-order valence-electron chi connectivity index (χ0n) is 12.2. The summed E-state index contributed by atoms with van der Waals surface area (Å²) < 4.78 is 0. The van der Waals surface area contributed by atoms with Crippen molar-refractivity contribution >= 4 is 17.3 Å². The second-order valence-electron chi connectivity index (χ2n) is 6.02. The monoisotopic (exact) mass is 291 g/mol. The Balaban J connectivity index is 1.76. The van der Waals surface area contributed by atoms with E-state index in [2.05, 4.69) is 21.8 Å². The van der Waals surface area contributed by atoms with E-state index in [4.69, 9.17) is 5.73 Å². The van der Waals surface area contributed by atoms with Gasteiger partial charge in [0, 0.05) is 25.2 Å². The molecule has 2 aliphatic heterocycles. The molecule has 0 aliphatic carbocycles. The quantitative estimate of drug-likeness (QED) is 0.656. The molecule has 21 heavy (non-hydrogen) atoms. The van der Waals surface area contributed by atoms with Crippen molar-refractivity contribution < 1.29 is 4.92 Å². The zero-order chi connectivity index (χ0) is 15.0. The molecule has 0 bridgehead atoms. The highest BCUT2D eigenvalue weighted by molar-refractivity contribution is 5.58. The van der Waals surface area contributed by atoms with E-state index in [1.165, 1.54) is 25.5 Å². The van der Waals surface area contributed by atoms with Crippen LogP contribution in [0.4, 0.5) is 17.3 Å². The van der Waals surface area contributed by atoms with Crippen LogP contribution in [0, 0.1) is 16.0 Å². The number of likely N-dealkylation sites (tertiary alicyclic amines) is 1. The second-order valence-corrected chi connectivity index (χ2v) is 6.02. The van der Waals surface area contributed by atoms with Gasteiger partial charge in [0.05, 0.1) is 4.92 Å². The van der Waals surface area contributed by atoms with Gasteiger partial charge in [-0.15, -0.1) is 0 Å². The normalized spacial score (nSPS) is 26.4. The van der Waals surface area contributed by atoms with E-state index in [1.54, 1.807) is 6.07 Å². The van der Waals surface area contributed by atoms with Crippen molar-refractivity contribution in [1.82, 2.24) is 9.88 Å². The number of hydrogen-bond donors (Lipinski definition) is 1. The number of nitrogens with two attached hydrogens (primary N) is 1. The summed E-state index contributed by atoms with van der Waals surface area (Å²) in [6.07, 6.45) is 3.59. The Morgan fingerprint density at radius 1 is 1.38 bits per heavy atom. The molecule has 114 valence electrons. The summed E-state index contributed by atoms with van der Waals surface area (Å²) in [7, 11) is 2.20. The molecule has 0 amide bonds. The Hall–Kier alpha value is -1.89. The molecule has 2 aliphatic rings. The van der Waals surface area contributed by atoms with Crippen molar-refractivity contribution in [2.45, 2.75) is 25.3 Å². The molecule has 0 radical (unpaired) electrons. The van der Waals surface area contributed by atoms with Gasteiger partial charge < -0.3 is 15.5 Å². The summed E-state index contributed by atoms with van der Waals surface area (Å²) in [6.45, 7) is 3.07. The third kappa shape index (κ3) is 2.65. The molecule has 7 nitrogen and oxygen atoms in total. The molecule has 7 heteroatoms. The maximum atomic E-state index is 10.8. The van der Waals surface area contributed by atoms with Crippen molar-refractivity contribution in [3.63, 3.8) is 0 Å². The van der Waals surface area contributed by atoms with E-state index in [-0.39, 0.29) is 11.5 Å². The minimum atomic E-state index is -0.492. The van der Waals surface area contributed by atoms with Crippen molar-refractivity contribution in [2.75, 3.05) is 37.3 Å². The van der Waals surface area contributed by atoms with E-state index in [1.807, 2.05) is 0 Å². The molecule has 2 saturated heterocycles. The number of pyridine rings is 1. The molecule has 3 heterocycles. The minimum absolute atomic E-state index is 0.000357. The van der Waals surface area contributed by atoms with Gasteiger partial charge in [0.25, 0.3) is 0 Å². The molecule has 1 aromatic heterocycles. The van der Waals surface area contributed by atoms with E-state index >= 15 is 0 Å². The lowest BCUT2D eigenvalue weighted by Crippen LogP contribution is -2.52. The molecule has 0 aromatic carbocycles. The molecule has 2 fully saturated rings. The van der Waals surface area contributed by atoms with Gasteiger partial charge in [0.2, 0.25) is 5.82 Å². The van der Waals surface area contributed by atoms with Crippen LogP contribution in [0.2, 0.25) is 0 Å². The number of nitro groups is 1. The highest BCUT2D eigenvalue weighted by Crippen LogP contribution is 2.32. The van der Waals surface area contributed by atoms with Crippen LogP contribution in [0.3, 0.4) is 0 Å². The zero-order valence-corrected chi connectivity index (χ0v) is 12.2. The van der Waals surface area contributed by atoms with E-state index in [0.29, 0.717) is 12.0 Å². The van der Waals surface area contributed by atoms with E-state index < -0.39 is 4.92 Å². The predicted octanol–water partition coefficient (Wildman–Crippen LogP) is 1.49. The SMILES string of the molecule is CN1CCCC2CN(c3ccc([N+](=O)[O-])c(N)n3)CCC21. The maximum Gasteiger partial charge on any atom is 0.311 e. The summed E-state index contributed by atoms with van der Waals surface area (Å²) in [5.74, 6) is 1.40. The van der Waals surface area contributed by atoms with Crippen molar-refractivity contribution in [2.24, 2.45) is 5.92 Å². The number of nitrogen functional groups attached to an aromatic ring is 1. The first-order valence-electron chi connectivity index (χ1n) is 7.42. The number of rotatable bonds is 2. The van der Waals surface area contributed by atoms with Gasteiger partial charge in [-0.3, -0.25) is 10.1 Å². The molecular weight excluding hydrogens is 270 g/mol. The number of fused-ring (bicyclic) bond motifs is 1. The van der Waals surface area contributed by atoms with Crippen LogP contribution in [-0.2, 0) is 0 Å². The smallest absolute Gasteiger partial charge is 0.311 e. The van der Waals surface area contributed by atoms with Gasteiger partial charge in [-0.1, -0.05) is 0 Å². The number of anilines is 2. The molecule has 3 rings (SSSR count). The number of hydrogen-bond acceptors (Lipinski definition) is 6. The summed E-state index contributed by atoms with van der Waals surface area (Å²) in [5.41, 5.74) is 5.58. The van der Waals surface area contributed by atoms with Gasteiger partial charge in [-0.05, 0) is 44.8 Å². The Kier molecular flexibility index (Phi) is 3.67. The fourth-order valence-corrected chi connectivity index (χ4v) is 3.65. The van der Waals surface area contributed by atoms with E-state index in [0.717, 1.165) is 25.3 Å². The third-order valence-electron chi connectivity index (χ3n) is 4.75. The molecular formula is C14H21N5O2. The molecule has 2 atom stereocenters. The van der Waals surface area contributed by atoms with Crippen molar-refractivity contribution in [1.29, 1.82) is 0 Å². The van der Waals surface area contributed by atoms with Crippen LogP contribution in [0.1, 0.15) is 19.3 Å². The fraction of sp³-hybridized carbons (Fsp3) is 0.643. The number of aromatic nitrogens is 1. The van der Waals surface area contributed by atoms with Crippen molar-refractivity contribution in [3.05, 3.63) is 22.2 Å². The highest BCUT2D eigenvalue weighted by Gasteiger charge is 2.34. The molecule has 2 unspecified atom stereocenters. The van der Waals surface area contributed by atoms with Crippen LogP contribution in [0.15, 0.2) is 12.1 Å². The Morgan fingerprint density at radius 3 is 2.90 bits per heavy atom. The van der Waals surface area contributed by atoms with Crippen LogP contribution in [0.25, 0.3) is 0 Å². The van der Waals surface area contributed by atoms with Crippen LogP contribution >= 0.6 is 0 Å². The third-order valence-corrected chi connectivity index (χ3v) is 4.75. The topological polar surface area (TPSA) is 88.5 Å². The van der Waals surface area contributed by atoms with Gasteiger partial charge in [0.15, 0.2) is 0 Å². The first-order chi connectivity index (χ1) is 10.1. The lowest BCUT2D eigenvalue weighted by molar-refractivity contribution is -0.384. The van der Waals surface area contributed by atoms with Crippen LogP contribution in [0.5, 0.6) is 0 Å². The first kappa shape index (κ1) is 14.1. The number of piperidine rings is 2. The van der Waals surface area contributed by atoms with Crippen LogP contribution < -0.4 is 10.6 Å². The lowest BCUT2D eigenvalue weighted by atomic mass is 9.84. The Bertz CT molecular complexity index is 550. The van der Waals surface area contributed by atoms with Crippen molar-refractivity contribution in [3.8, 4) is 0 Å². The first-order valence-corrected chi connectivity index (χ1v) is 7.42. The predicted molar refractivity (Wildman–Crippen MR) is 81.3 cm³/mol. The Labute approximate surface area is 123 Å². The Morgan fingerprint density at radius 2 is 2.19 bits per heavy atom. The standard InChI is InChI=1S/C14H21N5O2/c1-17-7-2-3-10-9-18(8-6-11(10)17)13-5-4-12(19(20)21)14(15)16-13/h4-5,10-11H,2-3,6-9H2,1H3,(H2,15,16). The largest absolute Gasteiger partial charge is 0.378 e. The van der Waals surface area contributed by atoms with Gasteiger partial charge in [0.1, 0.15) is 5.82 Å². The molecule has 0 spiro atoms. The summed E-state index contributed by atoms with van der Waals surface area (Å²) in [4.78, 5) is 19.2. The minimum Gasteiger partial charge on any atom is -0.378 e. The summed E-state index contributed by atoms with van der Waals surface area (Å²) >= 11 is 0. The number of nitrogens with zero attached hydrogens (tertiary/aromatic N) is 4. The van der Waals surface area contributed by atoms with Crippen LogP contribution in [-0.4, -0.2) is 47.5 Å². The molecule has 0 saturated carbocycles. The summed E-state index contributed by atoms with van der Waals surface area (Å²) in [5, 5.41) is 10.8. The molecule has 2 N–H and O–H groups in total. The maximum absolute atomic E-state index is 10.8. The average molecular weight is 291 g/mol. The van der Waals surface area contributed by atoms with Gasteiger partial charge in [-0.2, -0.15) is 0 Å². The second kappa shape index (κ2) is 5.48. The highest BCUT2D eigenvalue weighted by atomic mass is 16.6. The lowest BCUT2D eigenvalue weighted by Gasteiger charge is -2.46. The molecule has 1 aromatic rings. The van der Waals surface area contributed by atoms with Gasteiger partial charge >= 0.3 is 5.69 Å². The average Bonchev–Trinajstić information content (AvgIpc) is 2.46. The van der Waals surface area contributed by atoms with Gasteiger partial charge in [-0.25, -0.2) is 4.98 Å². The summed E-state index contributed by atoms with van der Waals surface area (Å²) in [6, 6.07) is 3.82. The van der Waals surface area contributed by atoms with E-state index in [9.17, 15) is 10.1 Å². The fourth-order valence-electron chi connectivity index (χ4n) is 3.65.